The molecule has 0 amide bonds. The van der Waals surface area contributed by atoms with Gasteiger partial charge in [-0.2, -0.15) is 0 Å². The summed E-state index contributed by atoms with van der Waals surface area (Å²) in [4.78, 5) is 11.2. The van der Waals surface area contributed by atoms with Gasteiger partial charge < -0.3 is 5.32 Å². The average molecular weight is 169 g/mol. The molecule has 70 valence electrons. The number of ketones is 1. The highest BCUT2D eigenvalue weighted by Gasteiger charge is 2.02. The summed E-state index contributed by atoms with van der Waals surface area (Å²) in [6.45, 7) is 1.98. The van der Waals surface area contributed by atoms with Crippen LogP contribution < -0.4 is 5.32 Å². The Kier molecular flexibility index (Phi) is 5.00. The number of nitrogens with one attached hydrogen (secondary N) is 1. The van der Waals surface area contributed by atoms with Gasteiger partial charge in [-0.3, -0.25) is 4.79 Å². The lowest BCUT2D eigenvalue weighted by Gasteiger charge is -2.00. The van der Waals surface area contributed by atoms with E-state index in [1.807, 2.05) is 0 Å². The van der Waals surface area contributed by atoms with Crippen molar-refractivity contribution in [1.82, 2.24) is 5.32 Å². The van der Waals surface area contributed by atoms with Gasteiger partial charge in [-0.25, -0.2) is 0 Å². The van der Waals surface area contributed by atoms with Gasteiger partial charge in [0.05, 0.1) is 0 Å². The van der Waals surface area contributed by atoms with Crippen molar-refractivity contribution in [3.8, 4) is 0 Å². The maximum atomic E-state index is 11.2. The van der Waals surface area contributed by atoms with Crippen LogP contribution in [0.3, 0.4) is 0 Å². The Morgan fingerprint density at radius 2 is 1.58 bits per heavy atom. The second-order valence-corrected chi connectivity index (χ2v) is 3.56. The first-order chi connectivity index (χ1) is 5.89. The molecule has 0 unspecified atom stereocenters. The van der Waals surface area contributed by atoms with E-state index in [1.165, 1.54) is 25.7 Å². The van der Waals surface area contributed by atoms with Crippen molar-refractivity contribution in [3.05, 3.63) is 0 Å². The SMILES string of the molecule is O=C1CCCCCCCNCC1. The Balaban J connectivity index is 2.17. The third-order valence-electron chi connectivity index (χ3n) is 2.39. The summed E-state index contributed by atoms with van der Waals surface area (Å²) in [5.74, 6) is 0.435. The molecule has 0 saturated carbocycles. The highest BCUT2D eigenvalue weighted by atomic mass is 16.1. The lowest BCUT2D eigenvalue weighted by atomic mass is 10.1. The van der Waals surface area contributed by atoms with E-state index in [1.54, 1.807) is 0 Å². The highest BCUT2D eigenvalue weighted by molar-refractivity contribution is 5.78. The van der Waals surface area contributed by atoms with Gasteiger partial charge >= 0.3 is 0 Å². The molecule has 12 heavy (non-hydrogen) atoms. The van der Waals surface area contributed by atoms with Crippen molar-refractivity contribution in [2.75, 3.05) is 13.1 Å². The molecule has 0 bridgehead atoms. The topological polar surface area (TPSA) is 29.1 Å². The quantitative estimate of drug-likeness (QED) is 0.600. The van der Waals surface area contributed by atoms with Gasteiger partial charge in [0.25, 0.3) is 0 Å². The maximum absolute atomic E-state index is 11.2. The number of carbonyl (C=O) groups excluding carboxylic acids is 1. The fourth-order valence-electron chi connectivity index (χ4n) is 1.58. The van der Waals surface area contributed by atoms with Crippen LogP contribution in [0.1, 0.15) is 44.9 Å². The molecule has 1 rings (SSSR count). The number of rotatable bonds is 0. The predicted octanol–water partition coefficient (Wildman–Crippen LogP) is 1.89. The van der Waals surface area contributed by atoms with Crippen LogP contribution in [-0.2, 0) is 4.79 Å². The fraction of sp³-hybridized carbons (Fsp3) is 0.900. The molecule has 0 aromatic heterocycles. The molecule has 1 N–H and O–H groups in total. The maximum Gasteiger partial charge on any atom is 0.134 e. The van der Waals surface area contributed by atoms with Crippen LogP contribution in [0, 0.1) is 0 Å². The fourth-order valence-corrected chi connectivity index (χ4v) is 1.58. The molecule has 1 aliphatic rings. The molecular weight excluding hydrogens is 150 g/mol. The predicted molar refractivity (Wildman–Crippen MR) is 50.2 cm³/mol. The van der Waals surface area contributed by atoms with Gasteiger partial charge in [0, 0.05) is 19.4 Å². The van der Waals surface area contributed by atoms with Crippen molar-refractivity contribution in [2.24, 2.45) is 0 Å². The minimum Gasteiger partial charge on any atom is -0.316 e. The van der Waals surface area contributed by atoms with Crippen LogP contribution >= 0.6 is 0 Å². The lowest BCUT2D eigenvalue weighted by Crippen LogP contribution is -2.18. The van der Waals surface area contributed by atoms with Crippen molar-refractivity contribution in [1.29, 1.82) is 0 Å². The van der Waals surface area contributed by atoms with Gasteiger partial charge in [-0.05, 0) is 19.4 Å². The molecule has 2 heteroatoms. The van der Waals surface area contributed by atoms with Gasteiger partial charge in [-0.15, -0.1) is 0 Å². The Morgan fingerprint density at radius 3 is 2.50 bits per heavy atom. The van der Waals surface area contributed by atoms with E-state index in [4.69, 9.17) is 0 Å². The van der Waals surface area contributed by atoms with E-state index in [9.17, 15) is 4.79 Å². The van der Waals surface area contributed by atoms with Gasteiger partial charge in [0.1, 0.15) is 5.78 Å². The van der Waals surface area contributed by atoms with Crippen molar-refractivity contribution >= 4 is 5.78 Å². The van der Waals surface area contributed by atoms with Crippen LogP contribution in [0.2, 0.25) is 0 Å². The normalized spacial score (nSPS) is 23.2. The Morgan fingerprint density at radius 1 is 0.833 bits per heavy atom. The summed E-state index contributed by atoms with van der Waals surface area (Å²) in [5, 5.41) is 3.29. The molecule has 0 aliphatic carbocycles. The third kappa shape index (κ3) is 4.50. The zero-order chi connectivity index (χ0) is 8.65. The van der Waals surface area contributed by atoms with Crippen LogP contribution in [0.25, 0.3) is 0 Å². The first-order valence-corrected chi connectivity index (χ1v) is 5.12. The highest BCUT2D eigenvalue weighted by Crippen LogP contribution is 2.07. The molecule has 0 spiro atoms. The first kappa shape index (κ1) is 9.72. The Labute approximate surface area is 74.7 Å². The molecule has 0 aromatic rings. The molecule has 0 aromatic carbocycles. The van der Waals surface area contributed by atoms with E-state index >= 15 is 0 Å². The smallest absolute Gasteiger partial charge is 0.134 e. The second kappa shape index (κ2) is 6.18. The standard InChI is InChI=1S/C10H19NO/c12-10-6-4-2-1-3-5-8-11-9-7-10/h11H,1-9H2. The van der Waals surface area contributed by atoms with Crippen LogP contribution in [0.5, 0.6) is 0 Å². The van der Waals surface area contributed by atoms with Crippen molar-refractivity contribution in [3.63, 3.8) is 0 Å². The largest absolute Gasteiger partial charge is 0.316 e. The molecule has 1 fully saturated rings. The minimum absolute atomic E-state index is 0.435. The van der Waals surface area contributed by atoms with E-state index < -0.39 is 0 Å². The third-order valence-corrected chi connectivity index (χ3v) is 2.39. The molecule has 0 radical (unpaired) electrons. The summed E-state index contributed by atoms with van der Waals surface area (Å²) in [6, 6.07) is 0. The molecule has 1 heterocycles. The van der Waals surface area contributed by atoms with Crippen LogP contribution in [0.4, 0.5) is 0 Å². The van der Waals surface area contributed by atoms with E-state index in [2.05, 4.69) is 5.32 Å². The first-order valence-electron chi connectivity index (χ1n) is 5.12. The Bertz CT molecular complexity index is 120. The van der Waals surface area contributed by atoms with Crippen LogP contribution in [-0.4, -0.2) is 18.9 Å². The average Bonchev–Trinajstić information content (AvgIpc) is 2.11. The molecular formula is C10H19NO. The van der Waals surface area contributed by atoms with E-state index in [0.717, 1.165) is 32.4 Å². The van der Waals surface area contributed by atoms with Gasteiger partial charge in [-0.1, -0.05) is 19.3 Å². The second-order valence-electron chi connectivity index (χ2n) is 3.56. The summed E-state index contributed by atoms with van der Waals surface area (Å²) < 4.78 is 0. The summed E-state index contributed by atoms with van der Waals surface area (Å²) in [6.07, 6.45) is 7.79. The minimum atomic E-state index is 0.435. The number of hydrogen-bond acceptors (Lipinski definition) is 2. The number of carbonyl (C=O) groups is 1. The van der Waals surface area contributed by atoms with Crippen molar-refractivity contribution < 1.29 is 4.79 Å². The van der Waals surface area contributed by atoms with E-state index in [-0.39, 0.29) is 0 Å². The van der Waals surface area contributed by atoms with Gasteiger partial charge in [0.2, 0.25) is 0 Å². The lowest BCUT2D eigenvalue weighted by molar-refractivity contribution is -0.119. The van der Waals surface area contributed by atoms with Gasteiger partial charge in [0.15, 0.2) is 0 Å². The summed E-state index contributed by atoms with van der Waals surface area (Å²) >= 11 is 0. The summed E-state index contributed by atoms with van der Waals surface area (Å²) in [7, 11) is 0. The number of hydrogen-bond donors (Lipinski definition) is 1. The molecule has 1 saturated heterocycles. The molecule has 0 atom stereocenters. The summed E-state index contributed by atoms with van der Waals surface area (Å²) in [5.41, 5.74) is 0. The zero-order valence-corrected chi connectivity index (χ0v) is 7.77. The number of Topliss-reactive ketones (excluding diaryl/α,β-unsaturated/α-hetero) is 1. The monoisotopic (exact) mass is 169 g/mol. The zero-order valence-electron chi connectivity index (χ0n) is 7.77. The molecule has 1 aliphatic heterocycles. The Hall–Kier alpha value is -0.370. The van der Waals surface area contributed by atoms with E-state index in [0.29, 0.717) is 5.78 Å². The van der Waals surface area contributed by atoms with Crippen molar-refractivity contribution in [2.45, 2.75) is 44.9 Å². The van der Waals surface area contributed by atoms with Crippen LogP contribution in [0.15, 0.2) is 0 Å². The molecule has 2 nitrogen and oxygen atoms in total.